The minimum atomic E-state index is 1.15. The Morgan fingerprint density at radius 2 is 0.803 bits per heavy atom. The molecule has 1 heteroatoms. The minimum absolute atomic E-state index is 1.15. The molecule has 1 heterocycles. The lowest BCUT2D eigenvalue weighted by Crippen LogP contribution is -1.99. The first-order valence-electron chi connectivity index (χ1n) is 21.2. The van der Waals surface area contributed by atoms with Gasteiger partial charge in [0.05, 0.1) is 11.2 Å². The van der Waals surface area contributed by atoms with Crippen molar-refractivity contribution in [3.8, 4) is 50.3 Å². The van der Waals surface area contributed by atoms with Crippen LogP contribution < -0.4 is 0 Å². The molecule has 0 radical (unpaired) electrons. The minimum Gasteiger partial charge on any atom is -0.308 e. The van der Waals surface area contributed by atoms with E-state index in [1.54, 1.807) is 0 Å². The van der Waals surface area contributed by atoms with Crippen LogP contribution in [0, 0.1) is 0 Å². The Morgan fingerprint density at radius 1 is 0.262 bits per heavy atom. The van der Waals surface area contributed by atoms with Crippen LogP contribution in [0.25, 0.3) is 126 Å². The molecule has 13 aromatic rings. The van der Waals surface area contributed by atoms with Gasteiger partial charge in [-0.05, 0) is 111 Å². The Kier molecular flexibility index (Phi) is 7.37. The van der Waals surface area contributed by atoms with Gasteiger partial charge in [-0.25, -0.2) is 0 Å². The molecule has 0 fully saturated rings. The summed E-state index contributed by atoms with van der Waals surface area (Å²) >= 11 is 0. The fraction of sp³-hybridized carbons (Fsp3) is 0. The molecule has 0 spiro atoms. The Labute approximate surface area is 353 Å². The van der Waals surface area contributed by atoms with Crippen molar-refractivity contribution in [3.05, 3.63) is 224 Å². The topological polar surface area (TPSA) is 4.93 Å². The molecule has 61 heavy (non-hydrogen) atoms. The second-order valence-electron chi connectivity index (χ2n) is 16.4. The SMILES string of the molecule is c1ccc(-c2c(-c3ccccc3)n(-c3ccc4c(ccc5ccccc54)c3)c3c2cc2ccc4c(-c5ccc(-c6cccc7ccccc67)cc5)ccc5ccc3c2c54)cc1. The fourth-order valence-electron chi connectivity index (χ4n) is 10.4. The molecule has 0 N–H and O–H groups in total. The van der Waals surface area contributed by atoms with Gasteiger partial charge in [0.15, 0.2) is 0 Å². The highest BCUT2D eigenvalue weighted by atomic mass is 15.0. The smallest absolute Gasteiger partial charge is 0.0620 e. The molecule has 0 saturated heterocycles. The average Bonchev–Trinajstić information content (AvgIpc) is 3.68. The summed E-state index contributed by atoms with van der Waals surface area (Å²) in [6, 6.07) is 83.1. The maximum Gasteiger partial charge on any atom is 0.0620 e. The summed E-state index contributed by atoms with van der Waals surface area (Å²) in [6.07, 6.45) is 0. The predicted octanol–water partition coefficient (Wildman–Crippen LogP) is 16.7. The number of hydrogen-bond donors (Lipinski definition) is 0. The van der Waals surface area contributed by atoms with E-state index in [4.69, 9.17) is 0 Å². The van der Waals surface area contributed by atoms with Crippen LogP contribution in [0.4, 0.5) is 0 Å². The lowest BCUT2D eigenvalue weighted by atomic mass is 9.88. The predicted molar refractivity (Wildman–Crippen MR) is 261 cm³/mol. The van der Waals surface area contributed by atoms with E-state index in [1.165, 1.54) is 120 Å². The number of aromatic nitrogens is 1. The maximum atomic E-state index is 2.56. The summed E-state index contributed by atoms with van der Waals surface area (Å²) in [5.41, 5.74) is 12.2. The van der Waals surface area contributed by atoms with Gasteiger partial charge in [-0.3, -0.25) is 0 Å². The van der Waals surface area contributed by atoms with Gasteiger partial charge in [0, 0.05) is 22.0 Å². The van der Waals surface area contributed by atoms with Crippen LogP contribution in [0.1, 0.15) is 0 Å². The van der Waals surface area contributed by atoms with Crippen molar-refractivity contribution in [2.75, 3.05) is 0 Å². The second kappa shape index (κ2) is 13.3. The van der Waals surface area contributed by atoms with Crippen LogP contribution in [0.15, 0.2) is 224 Å². The van der Waals surface area contributed by atoms with Gasteiger partial charge in [0.2, 0.25) is 0 Å². The van der Waals surface area contributed by atoms with Crippen molar-refractivity contribution in [3.63, 3.8) is 0 Å². The van der Waals surface area contributed by atoms with Crippen LogP contribution in [-0.4, -0.2) is 4.57 Å². The molecule has 1 nitrogen and oxygen atoms in total. The first-order chi connectivity index (χ1) is 30.3. The van der Waals surface area contributed by atoms with Crippen LogP contribution in [0.3, 0.4) is 0 Å². The lowest BCUT2D eigenvalue weighted by Gasteiger charge is -2.18. The van der Waals surface area contributed by atoms with E-state index in [0.717, 1.165) is 5.69 Å². The molecule has 12 aromatic carbocycles. The summed E-state index contributed by atoms with van der Waals surface area (Å²) < 4.78 is 2.56. The Hall–Kier alpha value is -8.00. The summed E-state index contributed by atoms with van der Waals surface area (Å²) in [7, 11) is 0. The van der Waals surface area contributed by atoms with E-state index >= 15 is 0 Å². The van der Waals surface area contributed by atoms with Gasteiger partial charge in [0.25, 0.3) is 0 Å². The normalized spacial score (nSPS) is 11.9. The van der Waals surface area contributed by atoms with E-state index in [0.29, 0.717) is 0 Å². The molecule has 13 rings (SSSR count). The second-order valence-corrected chi connectivity index (χ2v) is 16.4. The average molecular weight is 772 g/mol. The zero-order chi connectivity index (χ0) is 40.0. The summed E-state index contributed by atoms with van der Waals surface area (Å²) in [6.45, 7) is 0. The first kappa shape index (κ1) is 33.9. The van der Waals surface area contributed by atoms with E-state index in [2.05, 4.69) is 229 Å². The number of rotatable bonds is 5. The van der Waals surface area contributed by atoms with Crippen LogP contribution in [0.2, 0.25) is 0 Å². The molecule has 0 aliphatic rings. The van der Waals surface area contributed by atoms with Gasteiger partial charge in [-0.1, -0.05) is 206 Å². The first-order valence-corrected chi connectivity index (χ1v) is 21.2. The van der Waals surface area contributed by atoms with E-state index < -0.39 is 0 Å². The fourth-order valence-corrected chi connectivity index (χ4v) is 10.4. The van der Waals surface area contributed by atoms with Crippen molar-refractivity contribution in [1.82, 2.24) is 4.57 Å². The highest BCUT2D eigenvalue weighted by molar-refractivity contribution is 6.32. The van der Waals surface area contributed by atoms with Gasteiger partial charge in [-0.15, -0.1) is 0 Å². The van der Waals surface area contributed by atoms with Crippen molar-refractivity contribution in [1.29, 1.82) is 0 Å². The number of nitrogens with zero attached hydrogens (tertiary/aromatic N) is 1. The molecule has 0 bridgehead atoms. The maximum absolute atomic E-state index is 2.56. The third kappa shape index (κ3) is 5.14. The van der Waals surface area contributed by atoms with Gasteiger partial charge in [-0.2, -0.15) is 0 Å². The molecular formula is C60H37N. The number of benzene rings is 12. The standard InChI is InChI=1S/C60H37N/c1-3-14-42(15-4-1)58-55-37-46-30-33-53-51(41-24-22-40(23-25-41)50-21-11-18-38-12-7-9-19-48(38)50)32-28-43-29-34-54(57(46)56(43)53)60(55)61(59(58)44-16-5-2-6-17-44)47-31-35-52-45(36-47)27-26-39-13-8-10-20-49(39)52/h1-37H. The highest BCUT2D eigenvalue weighted by Gasteiger charge is 2.25. The lowest BCUT2D eigenvalue weighted by molar-refractivity contribution is 1.15. The largest absolute Gasteiger partial charge is 0.308 e. The van der Waals surface area contributed by atoms with Gasteiger partial charge < -0.3 is 4.57 Å². The Balaban J connectivity index is 1.09. The molecule has 0 unspecified atom stereocenters. The summed E-state index contributed by atoms with van der Waals surface area (Å²) in [5, 5.41) is 16.5. The zero-order valence-corrected chi connectivity index (χ0v) is 33.3. The van der Waals surface area contributed by atoms with Gasteiger partial charge >= 0.3 is 0 Å². The van der Waals surface area contributed by atoms with Gasteiger partial charge in [0.1, 0.15) is 0 Å². The summed E-state index contributed by atoms with van der Waals surface area (Å²) in [5.74, 6) is 0. The molecule has 0 atom stereocenters. The Bertz CT molecular complexity index is 3830. The summed E-state index contributed by atoms with van der Waals surface area (Å²) in [4.78, 5) is 0. The van der Waals surface area contributed by atoms with Crippen molar-refractivity contribution < 1.29 is 0 Å². The third-order valence-corrected chi connectivity index (χ3v) is 13.1. The molecule has 0 aliphatic carbocycles. The molecule has 0 amide bonds. The molecule has 0 aliphatic heterocycles. The third-order valence-electron chi connectivity index (χ3n) is 13.1. The van der Waals surface area contributed by atoms with Crippen molar-refractivity contribution in [2.45, 2.75) is 0 Å². The highest BCUT2D eigenvalue weighted by Crippen LogP contribution is 2.49. The van der Waals surface area contributed by atoms with Crippen molar-refractivity contribution >= 4 is 75.5 Å². The van der Waals surface area contributed by atoms with Crippen LogP contribution >= 0.6 is 0 Å². The molecule has 0 saturated carbocycles. The molecule has 282 valence electrons. The monoisotopic (exact) mass is 771 g/mol. The quantitative estimate of drug-likeness (QED) is 0.154. The van der Waals surface area contributed by atoms with Crippen LogP contribution in [0.5, 0.6) is 0 Å². The van der Waals surface area contributed by atoms with E-state index in [1.807, 2.05) is 0 Å². The number of fused-ring (bicyclic) bond motifs is 6. The van der Waals surface area contributed by atoms with E-state index in [9.17, 15) is 0 Å². The zero-order valence-electron chi connectivity index (χ0n) is 33.3. The molecular weight excluding hydrogens is 735 g/mol. The number of hydrogen-bond acceptors (Lipinski definition) is 0. The molecule has 1 aromatic heterocycles. The van der Waals surface area contributed by atoms with Crippen molar-refractivity contribution in [2.24, 2.45) is 0 Å². The Morgan fingerprint density at radius 3 is 1.59 bits per heavy atom. The van der Waals surface area contributed by atoms with Crippen LogP contribution in [-0.2, 0) is 0 Å². The van der Waals surface area contributed by atoms with E-state index in [-0.39, 0.29) is 0 Å².